The lowest BCUT2D eigenvalue weighted by Crippen LogP contribution is -2.37. The highest BCUT2D eigenvalue weighted by Crippen LogP contribution is 2.27. The molecular weight excluding hydrogens is 212 g/mol. The van der Waals surface area contributed by atoms with Crippen molar-refractivity contribution in [2.75, 3.05) is 13.1 Å². The van der Waals surface area contributed by atoms with Gasteiger partial charge in [0.05, 0.1) is 5.52 Å². The monoisotopic (exact) mass is 230 g/mol. The molecule has 3 rings (SSSR count). The maximum absolute atomic E-state index is 6.12. The van der Waals surface area contributed by atoms with Crippen LogP contribution in [0.15, 0.2) is 30.5 Å². The number of nitrogens with one attached hydrogen (secondary N) is 1. The fraction of sp³-hybridized carbons (Fsp3) is 0.429. The second-order valence-electron chi connectivity index (χ2n) is 4.71. The third kappa shape index (κ3) is 2.03. The molecule has 1 fully saturated rings. The molecule has 3 nitrogen and oxygen atoms in total. The van der Waals surface area contributed by atoms with Crippen molar-refractivity contribution in [1.29, 1.82) is 0 Å². The van der Waals surface area contributed by atoms with Gasteiger partial charge in [-0.3, -0.25) is 0 Å². The Hall–Kier alpha value is -1.48. The third-order valence-corrected chi connectivity index (χ3v) is 3.41. The third-order valence-electron chi connectivity index (χ3n) is 3.41. The highest BCUT2D eigenvalue weighted by atomic mass is 16.5. The highest BCUT2D eigenvalue weighted by molar-refractivity contribution is 5.85. The van der Waals surface area contributed by atoms with E-state index in [0.717, 1.165) is 25.3 Å². The van der Waals surface area contributed by atoms with Crippen LogP contribution in [0.3, 0.4) is 0 Å². The van der Waals surface area contributed by atoms with Crippen molar-refractivity contribution in [3.63, 3.8) is 0 Å². The normalized spacial score (nSPS) is 20.6. The number of benzene rings is 1. The first-order valence-corrected chi connectivity index (χ1v) is 6.26. The molecule has 2 aromatic rings. The first kappa shape index (κ1) is 10.7. The van der Waals surface area contributed by atoms with Gasteiger partial charge in [0, 0.05) is 25.2 Å². The average Bonchev–Trinajstić information content (AvgIpc) is 2.74. The largest absolute Gasteiger partial charge is 0.487 e. The zero-order valence-electron chi connectivity index (χ0n) is 10.1. The molecule has 0 aliphatic carbocycles. The van der Waals surface area contributed by atoms with Crippen LogP contribution in [0.2, 0.25) is 0 Å². The summed E-state index contributed by atoms with van der Waals surface area (Å²) in [6.07, 6.45) is 4.74. The van der Waals surface area contributed by atoms with Crippen LogP contribution >= 0.6 is 0 Å². The van der Waals surface area contributed by atoms with Crippen molar-refractivity contribution in [3.8, 4) is 5.75 Å². The molecule has 1 saturated heterocycles. The predicted molar refractivity (Wildman–Crippen MR) is 69.4 cm³/mol. The molecule has 17 heavy (non-hydrogen) atoms. The Morgan fingerprint density at radius 3 is 3.12 bits per heavy atom. The van der Waals surface area contributed by atoms with E-state index in [0.29, 0.717) is 6.10 Å². The second-order valence-corrected chi connectivity index (χ2v) is 4.71. The summed E-state index contributed by atoms with van der Waals surface area (Å²) in [5.74, 6) is 1.00. The molecule has 0 radical (unpaired) electrons. The number of piperidine rings is 1. The number of para-hydroxylation sites is 1. The van der Waals surface area contributed by atoms with Gasteiger partial charge in [-0.05, 0) is 31.5 Å². The second kappa shape index (κ2) is 4.41. The fourth-order valence-corrected chi connectivity index (χ4v) is 2.51. The van der Waals surface area contributed by atoms with Gasteiger partial charge in [0.1, 0.15) is 11.9 Å². The molecule has 2 heterocycles. The van der Waals surface area contributed by atoms with Crippen LogP contribution in [0.25, 0.3) is 10.9 Å². The number of hydrogen-bond donors (Lipinski definition) is 1. The maximum Gasteiger partial charge on any atom is 0.144 e. The molecule has 0 spiro atoms. The van der Waals surface area contributed by atoms with Crippen LogP contribution in [0.5, 0.6) is 5.75 Å². The fourth-order valence-electron chi connectivity index (χ4n) is 2.51. The van der Waals surface area contributed by atoms with Crippen LogP contribution in [0, 0.1) is 0 Å². The molecule has 1 aromatic heterocycles. The van der Waals surface area contributed by atoms with Crippen LogP contribution < -0.4 is 10.1 Å². The summed E-state index contributed by atoms with van der Waals surface area (Å²) in [6, 6.07) is 8.38. The van der Waals surface area contributed by atoms with Gasteiger partial charge in [-0.2, -0.15) is 0 Å². The van der Waals surface area contributed by atoms with Crippen molar-refractivity contribution in [2.24, 2.45) is 7.05 Å². The lowest BCUT2D eigenvalue weighted by Gasteiger charge is -2.24. The number of nitrogens with zero attached hydrogens (tertiary/aromatic N) is 1. The maximum atomic E-state index is 6.12. The minimum absolute atomic E-state index is 0.309. The summed E-state index contributed by atoms with van der Waals surface area (Å²) >= 11 is 0. The number of rotatable bonds is 2. The molecule has 1 aliphatic rings. The van der Waals surface area contributed by atoms with E-state index in [9.17, 15) is 0 Å². The minimum atomic E-state index is 0.309. The molecule has 1 unspecified atom stereocenters. The van der Waals surface area contributed by atoms with E-state index in [1.807, 2.05) is 0 Å². The standard InChI is InChI=1S/C14H18N2O/c1-16-9-7-11-4-2-6-13(14(11)16)17-12-5-3-8-15-10-12/h2,4,6-7,9,12,15H,3,5,8,10H2,1H3. The Morgan fingerprint density at radius 1 is 1.35 bits per heavy atom. The van der Waals surface area contributed by atoms with E-state index >= 15 is 0 Å². The van der Waals surface area contributed by atoms with Gasteiger partial charge in [-0.15, -0.1) is 0 Å². The molecule has 1 aromatic carbocycles. The zero-order chi connectivity index (χ0) is 11.7. The highest BCUT2D eigenvalue weighted by Gasteiger charge is 2.16. The van der Waals surface area contributed by atoms with Gasteiger partial charge in [0.2, 0.25) is 0 Å². The van der Waals surface area contributed by atoms with Gasteiger partial charge < -0.3 is 14.6 Å². The number of fused-ring (bicyclic) bond motifs is 1. The SMILES string of the molecule is Cn1ccc2cccc(OC3CCCNC3)c21. The lowest BCUT2D eigenvalue weighted by molar-refractivity contribution is 0.169. The van der Waals surface area contributed by atoms with Crippen molar-refractivity contribution >= 4 is 10.9 Å². The number of aromatic nitrogens is 1. The Morgan fingerprint density at radius 2 is 2.29 bits per heavy atom. The quantitative estimate of drug-likeness (QED) is 0.856. The van der Waals surface area contributed by atoms with E-state index < -0.39 is 0 Å². The van der Waals surface area contributed by atoms with E-state index in [2.05, 4.69) is 47.4 Å². The Kier molecular flexibility index (Phi) is 2.77. The Labute approximate surface area is 101 Å². The molecule has 3 heteroatoms. The van der Waals surface area contributed by atoms with Gasteiger partial charge >= 0.3 is 0 Å². The van der Waals surface area contributed by atoms with Gasteiger partial charge in [0.15, 0.2) is 0 Å². The lowest BCUT2D eigenvalue weighted by atomic mass is 10.1. The number of hydrogen-bond acceptors (Lipinski definition) is 2. The summed E-state index contributed by atoms with van der Waals surface area (Å²) in [7, 11) is 2.06. The summed E-state index contributed by atoms with van der Waals surface area (Å²) in [5.41, 5.74) is 1.19. The molecule has 0 saturated carbocycles. The first-order chi connectivity index (χ1) is 8.34. The van der Waals surface area contributed by atoms with Gasteiger partial charge in [-0.25, -0.2) is 0 Å². The Bertz CT molecular complexity index is 512. The van der Waals surface area contributed by atoms with Crippen LogP contribution in [0.4, 0.5) is 0 Å². The zero-order valence-corrected chi connectivity index (χ0v) is 10.1. The van der Waals surface area contributed by atoms with Crippen molar-refractivity contribution < 1.29 is 4.74 Å². The predicted octanol–water partition coefficient (Wildman–Crippen LogP) is 2.31. The molecule has 0 bridgehead atoms. The molecule has 90 valence electrons. The number of aryl methyl sites for hydroxylation is 1. The van der Waals surface area contributed by atoms with Crippen molar-refractivity contribution in [2.45, 2.75) is 18.9 Å². The van der Waals surface area contributed by atoms with Crippen molar-refractivity contribution in [3.05, 3.63) is 30.5 Å². The van der Waals surface area contributed by atoms with Gasteiger partial charge in [-0.1, -0.05) is 12.1 Å². The van der Waals surface area contributed by atoms with E-state index in [-0.39, 0.29) is 0 Å². The summed E-state index contributed by atoms with van der Waals surface area (Å²) in [4.78, 5) is 0. The summed E-state index contributed by atoms with van der Waals surface area (Å²) < 4.78 is 8.25. The molecule has 1 atom stereocenters. The first-order valence-electron chi connectivity index (χ1n) is 6.26. The minimum Gasteiger partial charge on any atom is -0.487 e. The van der Waals surface area contributed by atoms with Gasteiger partial charge in [0.25, 0.3) is 0 Å². The van der Waals surface area contributed by atoms with E-state index in [1.165, 1.54) is 17.3 Å². The number of ether oxygens (including phenoxy) is 1. The Balaban J connectivity index is 1.91. The van der Waals surface area contributed by atoms with Crippen LogP contribution in [-0.4, -0.2) is 23.8 Å². The molecular formula is C14H18N2O. The van der Waals surface area contributed by atoms with Crippen LogP contribution in [0.1, 0.15) is 12.8 Å². The van der Waals surface area contributed by atoms with Crippen molar-refractivity contribution in [1.82, 2.24) is 9.88 Å². The molecule has 1 aliphatic heterocycles. The van der Waals surface area contributed by atoms with E-state index in [1.54, 1.807) is 0 Å². The summed E-state index contributed by atoms with van der Waals surface area (Å²) in [6.45, 7) is 2.08. The molecule has 1 N–H and O–H groups in total. The summed E-state index contributed by atoms with van der Waals surface area (Å²) in [5, 5.41) is 4.62. The molecule has 0 amide bonds. The average molecular weight is 230 g/mol. The van der Waals surface area contributed by atoms with E-state index in [4.69, 9.17) is 4.74 Å². The smallest absolute Gasteiger partial charge is 0.144 e. The topological polar surface area (TPSA) is 26.2 Å². The van der Waals surface area contributed by atoms with Crippen LogP contribution in [-0.2, 0) is 7.05 Å².